The summed E-state index contributed by atoms with van der Waals surface area (Å²) < 4.78 is 34.0. The minimum absolute atomic E-state index is 0.0545. The van der Waals surface area contributed by atoms with E-state index < -0.39 is 18.2 Å². The van der Waals surface area contributed by atoms with Crippen molar-refractivity contribution < 1.29 is 13.0 Å². The van der Waals surface area contributed by atoms with Gasteiger partial charge in [0.1, 0.15) is 0 Å². The molecule has 1 N–H and O–H groups in total. The number of benzene rings is 1. The van der Waals surface area contributed by atoms with Crippen LogP contribution in [0.1, 0.15) is 54.0 Å². The Labute approximate surface area is 142 Å². The molecule has 0 aromatic heterocycles. The maximum atomic E-state index is 12.1. The van der Waals surface area contributed by atoms with Crippen LogP contribution < -0.4 is 5.19 Å². The van der Waals surface area contributed by atoms with Gasteiger partial charge in [-0.15, -0.1) is 0 Å². The van der Waals surface area contributed by atoms with Crippen molar-refractivity contribution in [1.82, 2.24) is 0 Å². The monoisotopic (exact) mass is 354 g/mol. The first kappa shape index (κ1) is 20.1. The van der Waals surface area contributed by atoms with E-state index in [1.165, 1.54) is 6.07 Å². The quantitative estimate of drug-likeness (QED) is 0.607. The van der Waals surface area contributed by atoms with Crippen LogP contribution in [0.2, 0.25) is 16.1 Å². The second kappa shape index (κ2) is 6.53. The van der Waals surface area contributed by atoms with Crippen molar-refractivity contribution in [3.8, 4) is 0 Å². The predicted octanol–water partition coefficient (Wildman–Crippen LogP) is 4.85. The van der Waals surface area contributed by atoms with E-state index in [0.717, 1.165) is 10.8 Å². The van der Waals surface area contributed by atoms with Crippen LogP contribution in [-0.2, 0) is 10.1 Å². The van der Waals surface area contributed by atoms with Gasteiger partial charge >= 0.3 is 0 Å². The van der Waals surface area contributed by atoms with Crippen molar-refractivity contribution in [3.05, 3.63) is 30.3 Å². The Kier molecular flexibility index (Phi) is 5.72. The summed E-state index contributed by atoms with van der Waals surface area (Å²) in [5.74, 6) is 0. The molecule has 0 amide bonds. The van der Waals surface area contributed by atoms with E-state index in [9.17, 15) is 13.0 Å². The molecule has 130 valence electrons. The van der Waals surface area contributed by atoms with Gasteiger partial charge in [-0.05, 0) is 32.9 Å². The van der Waals surface area contributed by atoms with Gasteiger partial charge in [0.25, 0.3) is 10.1 Å². The van der Waals surface area contributed by atoms with Crippen LogP contribution >= 0.6 is 0 Å². The molecule has 0 heterocycles. The summed E-state index contributed by atoms with van der Waals surface area (Å²) in [7, 11) is -6.65. The molecule has 0 aliphatic heterocycles. The molecule has 3 nitrogen and oxygen atoms in total. The molecule has 0 saturated heterocycles. The Bertz CT molecular complexity index is 675. The van der Waals surface area contributed by atoms with E-state index in [-0.39, 0.29) is 9.93 Å². The van der Waals surface area contributed by atoms with Crippen molar-refractivity contribution in [1.29, 1.82) is 0 Å². The normalized spacial score (nSPS) is 13.7. The zero-order valence-corrected chi connectivity index (χ0v) is 17.2. The van der Waals surface area contributed by atoms with E-state index in [1.54, 1.807) is 12.1 Å². The minimum atomic E-state index is -4.29. The van der Waals surface area contributed by atoms with Crippen LogP contribution in [0.25, 0.3) is 6.08 Å². The summed E-state index contributed by atoms with van der Waals surface area (Å²) in [5.41, 5.74) is 1.44. The zero-order valence-electron chi connectivity index (χ0n) is 15.3. The molecule has 1 rings (SSSR count). The lowest BCUT2D eigenvalue weighted by Crippen LogP contribution is -2.61. The van der Waals surface area contributed by atoms with Crippen LogP contribution in [0, 0.1) is 0 Å². The fourth-order valence-corrected chi connectivity index (χ4v) is 14.1. The highest BCUT2D eigenvalue weighted by atomic mass is 32.2. The number of hydrogen-bond donors (Lipinski definition) is 1. The lowest BCUT2D eigenvalue weighted by molar-refractivity contribution is 0.483. The highest BCUT2D eigenvalue weighted by molar-refractivity contribution is 7.86. The number of rotatable bonds is 5. The lowest BCUT2D eigenvalue weighted by atomic mass is 10.2. The highest BCUT2D eigenvalue weighted by Gasteiger charge is 2.53. The Balaban J connectivity index is 4.14. The van der Waals surface area contributed by atoms with Gasteiger partial charge in [0.05, 0.1) is 13.0 Å². The van der Waals surface area contributed by atoms with Crippen molar-refractivity contribution in [2.45, 2.75) is 69.5 Å². The first-order chi connectivity index (χ1) is 10.3. The molecule has 0 aliphatic carbocycles. The highest BCUT2D eigenvalue weighted by Crippen LogP contribution is 2.50. The maximum absolute atomic E-state index is 12.1. The van der Waals surface area contributed by atoms with E-state index >= 15 is 0 Å². The predicted molar refractivity (Wildman–Crippen MR) is 102 cm³/mol. The molecule has 1 aromatic carbocycles. The van der Waals surface area contributed by atoms with Crippen molar-refractivity contribution in [2.24, 2.45) is 0 Å². The molecule has 0 spiro atoms. The molecule has 0 aliphatic rings. The third kappa shape index (κ3) is 3.32. The Hall–Kier alpha value is -0.913. The molecule has 0 unspecified atom stereocenters. The molecule has 23 heavy (non-hydrogen) atoms. The standard InChI is InChI=1S/C18H30O3SSi/c1-9-15-11-10-12-16(22(19,20)21)17(15)23(13(2)3,14(4)5)18(6,7)8/h9-14H,1H2,2-8H3,(H,19,20,21). The molecule has 1 aromatic rings. The van der Waals surface area contributed by atoms with Gasteiger partial charge in [-0.1, -0.05) is 73.3 Å². The summed E-state index contributed by atoms with van der Waals surface area (Å²) in [6.07, 6.45) is 1.71. The van der Waals surface area contributed by atoms with E-state index in [1.807, 2.05) is 6.07 Å². The Morgan fingerprint density at radius 2 is 1.61 bits per heavy atom. The van der Waals surface area contributed by atoms with Crippen molar-refractivity contribution in [2.75, 3.05) is 0 Å². The first-order valence-corrected chi connectivity index (χ1v) is 11.6. The van der Waals surface area contributed by atoms with Crippen molar-refractivity contribution in [3.63, 3.8) is 0 Å². The molecule has 0 atom stereocenters. The van der Waals surface area contributed by atoms with Crippen LogP contribution in [-0.4, -0.2) is 21.0 Å². The van der Waals surface area contributed by atoms with Gasteiger partial charge in [-0.2, -0.15) is 8.42 Å². The Morgan fingerprint density at radius 1 is 1.13 bits per heavy atom. The van der Waals surface area contributed by atoms with Gasteiger partial charge in [-0.25, -0.2) is 0 Å². The summed E-state index contributed by atoms with van der Waals surface area (Å²) in [4.78, 5) is 0.0545. The number of hydrogen-bond acceptors (Lipinski definition) is 2. The molecule has 0 fully saturated rings. The summed E-state index contributed by atoms with van der Waals surface area (Å²) in [6, 6.07) is 5.09. The third-order valence-corrected chi connectivity index (χ3v) is 13.6. The smallest absolute Gasteiger partial charge is 0.282 e. The van der Waals surface area contributed by atoms with Crippen LogP contribution in [0.3, 0.4) is 0 Å². The van der Waals surface area contributed by atoms with Crippen LogP contribution in [0.5, 0.6) is 0 Å². The van der Waals surface area contributed by atoms with Crippen LogP contribution in [0.4, 0.5) is 0 Å². The molecule has 5 heteroatoms. The van der Waals surface area contributed by atoms with E-state index in [4.69, 9.17) is 0 Å². The second-order valence-corrected chi connectivity index (χ2v) is 15.3. The molecule has 0 bridgehead atoms. The fourth-order valence-electron chi connectivity index (χ4n) is 4.73. The van der Waals surface area contributed by atoms with E-state index in [2.05, 4.69) is 55.0 Å². The molecular formula is C18H30O3SSi. The SMILES string of the molecule is C=Cc1cccc(S(=O)(=O)O)c1[Si](C(C)C)(C(C)C)C(C)(C)C. The van der Waals surface area contributed by atoms with Gasteiger partial charge in [0, 0.05) is 0 Å². The minimum Gasteiger partial charge on any atom is -0.282 e. The maximum Gasteiger partial charge on any atom is 0.294 e. The molecular weight excluding hydrogens is 324 g/mol. The summed E-state index contributed by atoms with van der Waals surface area (Å²) in [6.45, 7) is 19.1. The topological polar surface area (TPSA) is 54.4 Å². The summed E-state index contributed by atoms with van der Waals surface area (Å²) >= 11 is 0. The average molecular weight is 355 g/mol. The van der Waals surface area contributed by atoms with Gasteiger partial charge in [0.15, 0.2) is 0 Å². The third-order valence-electron chi connectivity index (χ3n) is 5.03. The van der Waals surface area contributed by atoms with Gasteiger partial charge in [-0.3, -0.25) is 4.55 Å². The Morgan fingerprint density at radius 3 is 1.91 bits per heavy atom. The second-order valence-electron chi connectivity index (χ2n) is 7.83. The lowest BCUT2D eigenvalue weighted by Gasteiger charge is -2.51. The van der Waals surface area contributed by atoms with E-state index in [0.29, 0.717) is 11.1 Å². The summed E-state index contributed by atoms with van der Waals surface area (Å²) in [5, 5.41) is 0.739. The first-order valence-electron chi connectivity index (χ1n) is 8.05. The van der Waals surface area contributed by atoms with Gasteiger partial charge in [0.2, 0.25) is 0 Å². The van der Waals surface area contributed by atoms with Crippen molar-refractivity contribution >= 4 is 29.5 Å². The van der Waals surface area contributed by atoms with Crippen LogP contribution in [0.15, 0.2) is 29.7 Å². The zero-order chi connectivity index (χ0) is 18.2. The molecule has 0 saturated carbocycles. The fraction of sp³-hybridized carbons (Fsp3) is 0.556. The average Bonchev–Trinajstić information content (AvgIpc) is 2.35. The van der Waals surface area contributed by atoms with Gasteiger partial charge < -0.3 is 0 Å². The largest absolute Gasteiger partial charge is 0.294 e. The molecule has 0 radical (unpaired) electrons.